The molecule has 0 radical (unpaired) electrons. The highest BCUT2D eigenvalue weighted by Crippen LogP contribution is 2.23. The van der Waals surface area contributed by atoms with Gasteiger partial charge in [0.1, 0.15) is 0 Å². The Morgan fingerprint density at radius 3 is 2.67 bits per heavy atom. The lowest BCUT2D eigenvalue weighted by atomic mass is 10.2. The van der Waals surface area contributed by atoms with Gasteiger partial charge < -0.3 is 14.8 Å². The van der Waals surface area contributed by atoms with Crippen LogP contribution in [0.3, 0.4) is 0 Å². The normalized spacial score (nSPS) is 10.8. The van der Waals surface area contributed by atoms with Gasteiger partial charge in [0.15, 0.2) is 0 Å². The van der Waals surface area contributed by atoms with E-state index in [0.29, 0.717) is 13.2 Å². The molecule has 0 aromatic heterocycles. The molecule has 1 aromatic rings. The molecule has 0 unspecified atom stereocenters. The summed E-state index contributed by atoms with van der Waals surface area (Å²) < 4.78 is 12.5. The molecule has 18 heavy (non-hydrogen) atoms. The van der Waals surface area contributed by atoms with Crippen molar-refractivity contribution in [2.24, 2.45) is 0 Å². The van der Waals surface area contributed by atoms with Crippen LogP contribution in [0.5, 0.6) is 0 Å². The van der Waals surface area contributed by atoms with E-state index in [1.54, 1.807) is 7.11 Å². The van der Waals surface area contributed by atoms with Crippen LogP contribution in [0, 0.1) is 0 Å². The summed E-state index contributed by atoms with van der Waals surface area (Å²) in [4.78, 5) is 0. The molecule has 1 rings (SSSR count). The van der Waals surface area contributed by atoms with Gasteiger partial charge in [0.05, 0.1) is 13.2 Å². The number of rotatable bonds is 9. The van der Waals surface area contributed by atoms with Crippen LogP contribution in [0.2, 0.25) is 0 Å². The lowest BCUT2D eigenvalue weighted by molar-refractivity contribution is 0.0695. The molecule has 0 atom stereocenters. The zero-order valence-electron chi connectivity index (χ0n) is 10.5. The Hall–Kier alpha value is 0.0600. The van der Waals surface area contributed by atoms with Crippen molar-refractivity contribution in [3.8, 4) is 0 Å². The van der Waals surface area contributed by atoms with Crippen LogP contribution in [0.4, 0.5) is 0 Å². The van der Waals surface area contributed by atoms with Crippen LogP contribution in [0.15, 0.2) is 27.1 Å². The topological polar surface area (TPSA) is 30.5 Å². The van der Waals surface area contributed by atoms with Crippen LogP contribution in [-0.2, 0) is 16.0 Å². The Bertz CT molecular complexity index is 348. The van der Waals surface area contributed by atoms with E-state index in [1.807, 2.05) is 0 Å². The number of nitrogens with one attached hydrogen (secondary N) is 1. The smallest absolute Gasteiger partial charge is 0.0700 e. The van der Waals surface area contributed by atoms with E-state index >= 15 is 0 Å². The molecule has 0 aliphatic carbocycles. The second-order valence-electron chi connectivity index (χ2n) is 3.88. The van der Waals surface area contributed by atoms with Crippen molar-refractivity contribution in [1.82, 2.24) is 5.32 Å². The number of benzene rings is 1. The zero-order chi connectivity index (χ0) is 13.2. The van der Waals surface area contributed by atoms with E-state index < -0.39 is 0 Å². The molecule has 0 heterocycles. The van der Waals surface area contributed by atoms with Gasteiger partial charge in [-0.1, -0.05) is 6.07 Å². The minimum Gasteiger partial charge on any atom is -0.382 e. The molecule has 3 nitrogen and oxygen atoms in total. The summed E-state index contributed by atoms with van der Waals surface area (Å²) in [5, 5.41) is 3.39. The van der Waals surface area contributed by atoms with Crippen molar-refractivity contribution in [1.29, 1.82) is 0 Å². The maximum atomic E-state index is 5.38. The van der Waals surface area contributed by atoms with Gasteiger partial charge >= 0.3 is 0 Å². The van der Waals surface area contributed by atoms with Gasteiger partial charge in [0, 0.05) is 29.2 Å². The molecule has 0 aliphatic heterocycles. The molecule has 0 saturated heterocycles. The summed E-state index contributed by atoms with van der Waals surface area (Å²) in [6.45, 7) is 3.96. The van der Waals surface area contributed by atoms with Crippen molar-refractivity contribution in [2.75, 3.05) is 33.5 Å². The van der Waals surface area contributed by atoms with Crippen LogP contribution < -0.4 is 5.32 Å². The van der Waals surface area contributed by atoms with Crippen LogP contribution >= 0.6 is 31.9 Å². The second kappa shape index (κ2) is 9.92. The summed E-state index contributed by atoms with van der Waals surface area (Å²) in [6.07, 6.45) is 1.02. The minimum absolute atomic E-state index is 0.667. The van der Waals surface area contributed by atoms with E-state index in [4.69, 9.17) is 9.47 Å². The van der Waals surface area contributed by atoms with Gasteiger partial charge in [-0.2, -0.15) is 0 Å². The van der Waals surface area contributed by atoms with Crippen molar-refractivity contribution >= 4 is 31.9 Å². The number of hydrogen-bond acceptors (Lipinski definition) is 3. The van der Waals surface area contributed by atoms with Crippen LogP contribution in [0.1, 0.15) is 12.0 Å². The lowest BCUT2D eigenvalue weighted by Gasteiger charge is -2.07. The Balaban J connectivity index is 2.05. The van der Waals surface area contributed by atoms with Crippen molar-refractivity contribution < 1.29 is 9.47 Å². The SMILES string of the molecule is COCCOCCCNCc1ccc(Br)c(Br)c1. The molecular formula is C13H19Br2NO2. The average molecular weight is 381 g/mol. The first-order valence-corrected chi connectivity index (χ1v) is 7.54. The Labute approximate surface area is 125 Å². The fraction of sp³-hybridized carbons (Fsp3) is 0.538. The van der Waals surface area contributed by atoms with Crippen LogP contribution in [0.25, 0.3) is 0 Å². The standard InChI is InChI=1S/C13H19Br2NO2/c1-17-7-8-18-6-2-5-16-10-11-3-4-12(14)13(15)9-11/h3-4,9,16H,2,5-8,10H2,1H3. The molecule has 0 aliphatic rings. The Morgan fingerprint density at radius 1 is 1.11 bits per heavy atom. The maximum absolute atomic E-state index is 5.38. The number of ether oxygens (including phenoxy) is 2. The molecule has 5 heteroatoms. The first-order valence-electron chi connectivity index (χ1n) is 5.95. The largest absolute Gasteiger partial charge is 0.382 e. The quantitative estimate of drug-likeness (QED) is 0.666. The number of halogens is 2. The van der Waals surface area contributed by atoms with E-state index in [1.165, 1.54) is 5.56 Å². The first-order chi connectivity index (χ1) is 8.74. The van der Waals surface area contributed by atoms with E-state index in [0.717, 1.165) is 35.1 Å². The van der Waals surface area contributed by atoms with Gasteiger partial charge in [-0.3, -0.25) is 0 Å². The van der Waals surface area contributed by atoms with Crippen molar-refractivity contribution in [3.63, 3.8) is 0 Å². The monoisotopic (exact) mass is 379 g/mol. The third kappa shape index (κ3) is 6.85. The number of methoxy groups -OCH3 is 1. The molecule has 0 spiro atoms. The third-order valence-electron chi connectivity index (χ3n) is 2.39. The van der Waals surface area contributed by atoms with E-state index in [9.17, 15) is 0 Å². The zero-order valence-corrected chi connectivity index (χ0v) is 13.7. The molecule has 0 fully saturated rings. The second-order valence-corrected chi connectivity index (χ2v) is 5.59. The first kappa shape index (κ1) is 16.1. The predicted octanol–water partition coefficient (Wildman–Crippen LogP) is 3.35. The summed E-state index contributed by atoms with van der Waals surface area (Å²) in [5.74, 6) is 0. The van der Waals surface area contributed by atoms with Gasteiger partial charge in [-0.25, -0.2) is 0 Å². The average Bonchev–Trinajstić information content (AvgIpc) is 2.37. The van der Waals surface area contributed by atoms with E-state index in [-0.39, 0.29) is 0 Å². The highest BCUT2D eigenvalue weighted by atomic mass is 79.9. The highest BCUT2D eigenvalue weighted by molar-refractivity contribution is 9.13. The molecular weight excluding hydrogens is 362 g/mol. The molecule has 0 bridgehead atoms. The van der Waals surface area contributed by atoms with Gasteiger partial charge in [-0.15, -0.1) is 0 Å². The van der Waals surface area contributed by atoms with Gasteiger partial charge in [0.25, 0.3) is 0 Å². The van der Waals surface area contributed by atoms with Crippen molar-refractivity contribution in [3.05, 3.63) is 32.7 Å². The summed E-state index contributed by atoms with van der Waals surface area (Å²) >= 11 is 6.96. The lowest BCUT2D eigenvalue weighted by Crippen LogP contribution is -2.16. The molecule has 102 valence electrons. The van der Waals surface area contributed by atoms with Gasteiger partial charge in [-0.05, 0) is 62.5 Å². The summed E-state index contributed by atoms with van der Waals surface area (Å²) in [6, 6.07) is 6.28. The minimum atomic E-state index is 0.667. The highest BCUT2D eigenvalue weighted by Gasteiger charge is 1.98. The van der Waals surface area contributed by atoms with Crippen molar-refractivity contribution in [2.45, 2.75) is 13.0 Å². The summed E-state index contributed by atoms with van der Waals surface area (Å²) in [5.41, 5.74) is 1.27. The Morgan fingerprint density at radius 2 is 1.94 bits per heavy atom. The predicted molar refractivity (Wildman–Crippen MR) is 80.9 cm³/mol. The number of hydrogen-bond donors (Lipinski definition) is 1. The Kier molecular flexibility index (Phi) is 8.88. The van der Waals surface area contributed by atoms with Crippen LogP contribution in [-0.4, -0.2) is 33.5 Å². The molecule has 0 amide bonds. The maximum Gasteiger partial charge on any atom is 0.0700 e. The van der Waals surface area contributed by atoms with Gasteiger partial charge in [0.2, 0.25) is 0 Å². The fourth-order valence-electron chi connectivity index (χ4n) is 1.43. The fourth-order valence-corrected chi connectivity index (χ4v) is 2.10. The van der Waals surface area contributed by atoms with E-state index in [2.05, 4.69) is 55.4 Å². The third-order valence-corrected chi connectivity index (χ3v) is 4.27. The summed E-state index contributed by atoms with van der Waals surface area (Å²) in [7, 11) is 1.68. The molecule has 1 aromatic carbocycles. The molecule has 0 saturated carbocycles. The molecule has 1 N–H and O–H groups in total.